The SMILES string of the molecule is Cc1noc(C)c1-c1ccc(C(C)Br)cn1. The molecule has 2 aromatic rings. The van der Waals surface area contributed by atoms with Crippen LogP contribution in [0.4, 0.5) is 0 Å². The van der Waals surface area contributed by atoms with Crippen molar-refractivity contribution in [1.82, 2.24) is 10.1 Å². The predicted molar refractivity (Wildman–Crippen MR) is 66.6 cm³/mol. The van der Waals surface area contributed by atoms with Crippen molar-refractivity contribution in [2.45, 2.75) is 25.6 Å². The molecule has 4 heteroatoms. The Kier molecular flexibility index (Phi) is 3.10. The molecule has 0 bridgehead atoms. The number of hydrogen-bond donors (Lipinski definition) is 0. The Morgan fingerprint density at radius 3 is 2.50 bits per heavy atom. The minimum atomic E-state index is 0.318. The first-order valence-corrected chi connectivity index (χ1v) is 6.04. The Morgan fingerprint density at radius 1 is 1.31 bits per heavy atom. The molecular formula is C12H13BrN2O. The Morgan fingerprint density at radius 2 is 2.06 bits per heavy atom. The van der Waals surface area contributed by atoms with E-state index in [1.165, 1.54) is 0 Å². The maximum Gasteiger partial charge on any atom is 0.143 e. The molecule has 0 aliphatic carbocycles. The van der Waals surface area contributed by atoms with E-state index in [2.05, 4.69) is 39.1 Å². The van der Waals surface area contributed by atoms with Crippen LogP contribution < -0.4 is 0 Å². The minimum Gasteiger partial charge on any atom is -0.361 e. The summed E-state index contributed by atoms with van der Waals surface area (Å²) < 4.78 is 5.13. The summed E-state index contributed by atoms with van der Waals surface area (Å²) in [7, 11) is 0. The molecule has 16 heavy (non-hydrogen) atoms. The summed E-state index contributed by atoms with van der Waals surface area (Å²) in [5, 5.41) is 3.93. The fraction of sp³-hybridized carbons (Fsp3) is 0.333. The molecule has 0 aromatic carbocycles. The molecule has 0 radical (unpaired) electrons. The first-order chi connectivity index (χ1) is 7.59. The zero-order valence-electron chi connectivity index (χ0n) is 9.49. The van der Waals surface area contributed by atoms with Crippen molar-refractivity contribution in [2.24, 2.45) is 0 Å². The number of hydrogen-bond acceptors (Lipinski definition) is 3. The molecule has 84 valence electrons. The zero-order valence-corrected chi connectivity index (χ0v) is 11.1. The van der Waals surface area contributed by atoms with Gasteiger partial charge in [0.15, 0.2) is 0 Å². The molecule has 0 fully saturated rings. The molecule has 0 amide bonds. The lowest BCUT2D eigenvalue weighted by Gasteiger charge is -2.04. The second kappa shape index (κ2) is 4.37. The van der Waals surface area contributed by atoms with Crippen LogP contribution in [-0.2, 0) is 0 Å². The van der Waals surface area contributed by atoms with Crippen molar-refractivity contribution in [3.05, 3.63) is 35.3 Å². The first-order valence-electron chi connectivity index (χ1n) is 5.13. The molecule has 0 N–H and O–H groups in total. The van der Waals surface area contributed by atoms with Crippen LogP contribution >= 0.6 is 15.9 Å². The van der Waals surface area contributed by atoms with E-state index in [4.69, 9.17) is 4.52 Å². The van der Waals surface area contributed by atoms with E-state index >= 15 is 0 Å². The maximum absolute atomic E-state index is 5.13. The molecule has 1 unspecified atom stereocenters. The van der Waals surface area contributed by atoms with Gasteiger partial charge in [0.1, 0.15) is 5.76 Å². The van der Waals surface area contributed by atoms with E-state index in [-0.39, 0.29) is 0 Å². The normalized spacial score (nSPS) is 12.8. The summed E-state index contributed by atoms with van der Waals surface area (Å²) in [6.07, 6.45) is 1.88. The van der Waals surface area contributed by atoms with E-state index in [0.717, 1.165) is 28.3 Å². The van der Waals surface area contributed by atoms with E-state index in [0.29, 0.717) is 4.83 Å². The molecule has 2 rings (SSSR count). The van der Waals surface area contributed by atoms with Gasteiger partial charge < -0.3 is 4.52 Å². The number of aryl methyl sites for hydroxylation is 2. The largest absolute Gasteiger partial charge is 0.361 e. The monoisotopic (exact) mass is 280 g/mol. The third-order valence-electron chi connectivity index (χ3n) is 2.54. The van der Waals surface area contributed by atoms with Gasteiger partial charge in [-0.2, -0.15) is 0 Å². The van der Waals surface area contributed by atoms with Crippen molar-refractivity contribution < 1.29 is 4.52 Å². The van der Waals surface area contributed by atoms with E-state index in [1.54, 1.807) is 0 Å². The molecular weight excluding hydrogens is 268 g/mol. The molecule has 0 saturated heterocycles. The Labute approximate surface area is 103 Å². The van der Waals surface area contributed by atoms with E-state index in [9.17, 15) is 0 Å². The van der Waals surface area contributed by atoms with Crippen LogP contribution in [0, 0.1) is 13.8 Å². The van der Waals surface area contributed by atoms with Gasteiger partial charge in [-0.3, -0.25) is 4.98 Å². The summed E-state index contributed by atoms with van der Waals surface area (Å²) in [6, 6.07) is 4.06. The lowest BCUT2D eigenvalue weighted by molar-refractivity contribution is 0.393. The van der Waals surface area contributed by atoms with Gasteiger partial charge in [0, 0.05) is 11.0 Å². The Bertz CT molecular complexity index is 469. The molecule has 0 saturated carbocycles. The summed E-state index contributed by atoms with van der Waals surface area (Å²) in [4.78, 5) is 4.75. The fourth-order valence-corrected chi connectivity index (χ4v) is 1.91. The Balaban J connectivity index is 2.42. The van der Waals surface area contributed by atoms with Gasteiger partial charge in [0.2, 0.25) is 0 Å². The van der Waals surface area contributed by atoms with Gasteiger partial charge in [-0.1, -0.05) is 27.2 Å². The van der Waals surface area contributed by atoms with Crippen LogP contribution in [-0.4, -0.2) is 10.1 Å². The predicted octanol–water partition coefficient (Wildman–Crippen LogP) is 3.81. The summed E-state index contributed by atoms with van der Waals surface area (Å²) >= 11 is 3.51. The second-order valence-corrected chi connectivity index (χ2v) is 5.17. The van der Waals surface area contributed by atoms with Gasteiger partial charge in [-0.15, -0.1) is 0 Å². The van der Waals surface area contributed by atoms with Gasteiger partial charge >= 0.3 is 0 Å². The average Bonchev–Trinajstić information content (AvgIpc) is 2.59. The third-order valence-corrected chi connectivity index (χ3v) is 3.06. The van der Waals surface area contributed by atoms with Crippen molar-refractivity contribution in [3.8, 4) is 11.3 Å². The minimum absolute atomic E-state index is 0.318. The van der Waals surface area contributed by atoms with Crippen LogP contribution in [0.5, 0.6) is 0 Å². The fourth-order valence-electron chi connectivity index (χ4n) is 1.64. The highest BCUT2D eigenvalue weighted by Crippen LogP contribution is 2.27. The van der Waals surface area contributed by atoms with Crippen molar-refractivity contribution in [2.75, 3.05) is 0 Å². The topological polar surface area (TPSA) is 38.9 Å². The smallest absolute Gasteiger partial charge is 0.143 e. The molecule has 2 heterocycles. The van der Waals surface area contributed by atoms with Crippen molar-refractivity contribution in [1.29, 1.82) is 0 Å². The first kappa shape index (κ1) is 11.3. The summed E-state index contributed by atoms with van der Waals surface area (Å²) in [5.74, 6) is 0.810. The van der Waals surface area contributed by atoms with E-state index < -0.39 is 0 Å². The highest BCUT2D eigenvalue weighted by Gasteiger charge is 2.12. The number of aromatic nitrogens is 2. The van der Waals surface area contributed by atoms with Crippen LogP contribution in [0.2, 0.25) is 0 Å². The maximum atomic E-state index is 5.13. The highest BCUT2D eigenvalue weighted by atomic mass is 79.9. The quantitative estimate of drug-likeness (QED) is 0.786. The summed E-state index contributed by atoms with van der Waals surface area (Å²) in [5.41, 5.74) is 3.95. The lowest BCUT2D eigenvalue weighted by Crippen LogP contribution is -1.90. The van der Waals surface area contributed by atoms with Gasteiger partial charge in [0.25, 0.3) is 0 Å². The van der Waals surface area contributed by atoms with Crippen LogP contribution in [0.3, 0.4) is 0 Å². The number of rotatable bonds is 2. The zero-order chi connectivity index (χ0) is 11.7. The number of pyridine rings is 1. The lowest BCUT2D eigenvalue weighted by atomic mass is 10.1. The van der Waals surface area contributed by atoms with Crippen LogP contribution in [0.15, 0.2) is 22.9 Å². The molecule has 0 aliphatic rings. The average molecular weight is 281 g/mol. The van der Waals surface area contributed by atoms with Crippen LogP contribution in [0.25, 0.3) is 11.3 Å². The number of halogens is 1. The molecule has 3 nitrogen and oxygen atoms in total. The standard InChI is InChI=1S/C12H13BrN2O/c1-7(13)10-4-5-11(14-6-10)12-8(2)15-16-9(12)3/h4-7H,1-3H3. The van der Waals surface area contributed by atoms with Gasteiger partial charge in [-0.05, 0) is 32.4 Å². The molecule has 0 spiro atoms. The van der Waals surface area contributed by atoms with Crippen LogP contribution in [0.1, 0.15) is 28.8 Å². The Hall–Kier alpha value is -1.16. The number of nitrogens with zero attached hydrogens (tertiary/aromatic N) is 2. The van der Waals surface area contributed by atoms with Crippen molar-refractivity contribution in [3.63, 3.8) is 0 Å². The highest BCUT2D eigenvalue weighted by molar-refractivity contribution is 9.09. The second-order valence-electron chi connectivity index (χ2n) is 3.79. The molecule has 1 atom stereocenters. The molecule has 2 aromatic heterocycles. The number of alkyl halides is 1. The van der Waals surface area contributed by atoms with Gasteiger partial charge in [0.05, 0.1) is 17.0 Å². The third kappa shape index (κ3) is 2.02. The summed E-state index contributed by atoms with van der Waals surface area (Å²) in [6.45, 7) is 5.90. The van der Waals surface area contributed by atoms with Gasteiger partial charge in [-0.25, -0.2) is 0 Å². The van der Waals surface area contributed by atoms with Crippen molar-refractivity contribution >= 4 is 15.9 Å². The molecule has 0 aliphatic heterocycles. The van der Waals surface area contributed by atoms with E-state index in [1.807, 2.05) is 26.1 Å².